The van der Waals surface area contributed by atoms with Gasteiger partial charge in [-0.1, -0.05) is 23.2 Å². The zero-order valence-corrected chi connectivity index (χ0v) is 17.3. The van der Waals surface area contributed by atoms with Crippen LogP contribution in [-0.4, -0.2) is 31.1 Å². The molecular weight excluding hydrogens is 425 g/mol. The number of amides is 1. The van der Waals surface area contributed by atoms with Crippen LogP contribution in [0.4, 0.5) is 5.00 Å². The van der Waals surface area contributed by atoms with Gasteiger partial charge in [-0.15, -0.1) is 11.3 Å². The topological polar surface area (TPSA) is 81.7 Å². The zero-order chi connectivity index (χ0) is 20.3. The minimum absolute atomic E-state index is 0.146. The average molecular weight is 442 g/mol. The molecule has 0 atom stereocenters. The molecule has 0 saturated heterocycles. The fourth-order valence-electron chi connectivity index (χ4n) is 2.96. The molecule has 1 aliphatic carbocycles. The van der Waals surface area contributed by atoms with E-state index in [4.69, 9.17) is 32.7 Å². The third-order valence-corrected chi connectivity index (χ3v) is 5.73. The van der Waals surface area contributed by atoms with Crippen molar-refractivity contribution < 1.29 is 23.9 Å². The maximum atomic E-state index is 12.3. The molecule has 9 heteroatoms. The highest BCUT2D eigenvalue weighted by atomic mass is 35.5. The van der Waals surface area contributed by atoms with Gasteiger partial charge in [0.2, 0.25) is 0 Å². The van der Waals surface area contributed by atoms with E-state index in [2.05, 4.69) is 5.32 Å². The van der Waals surface area contributed by atoms with Gasteiger partial charge in [0.05, 0.1) is 17.7 Å². The number of esters is 2. The second-order valence-electron chi connectivity index (χ2n) is 6.06. The predicted molar refractivity (Wildman–Crippen MR) is 108 cm³/mol. The number of hydrogen-bond donors (Lipinski definition) is 1. The lowest BCUT2D eigenvalue weighted by Crippen LogP contribution is -2.22. The molecule has 1 N–H and O–H groups in total. The summed E-state index contributed by atoms with van der Waals surface area (Å²) in [5.41, 5.74) is 1.48. The zero-order valence-electron chi connectivity index (χ0n) is 15.0. The maximum Gasteiger partial charge on any atom is 0.341 e. The first-order valence-corrected chi connectivity index (χ1v) is 10.2. The van der Waals surface area contributed by atoms with Crippen LogP contribution < -0.4 is 5.32 Å². The van der Waals surface area contributed by atoms with Gasteiger partial charge in [0.25, 0.3) is 5.91 Å². The molecule has 0 spiro atoms. The van der Waals surface area contributed by atoms with Gasteiger partial charge in [0.1, 0.15) is 5.00 Å². The molecule has 0 saturated carbocycles. The molecule has 3 rings (SSSR count). The summed E-state index contributed by atoms with van der Waals surface area (Å²) in [5, 5.41) is 3.66. The van der Waals surface area contributed by atoms with E-state index < -0.39 is 24.5 Å². The van der Waals surface area contributed by atoms with Gasteiger partial charge in [-0.2, -0.15) is 0 Å². The Morgan fingerprint density at radius 3 is 2.46 bits per heavy atom. The summed E-state index contributed by atoms with van der Waals surface area (Å²) >= 11 is 13.1. The highest BCUT2D eigenvalue weighted by Gasteiger charge is 2.28. The van der Waals surface area contributed by atoms with Crippen molar-refractivity contribution >= 4 is 57.4 Å². The van der Waals surface area contributed by atoms with Crippen molar-refractivity contribution in [3.8, 4) is 0 Å². The number of rotatable bonds is 6. The Bertz CT molecular complexity index is 920. The fraction of sp³-hybridized carbons (Fsp3) is 0.316. The SMILES string of the molecule is CCOC(=O)c1c(NC(=O)COC(=O)c2cc(Cl)cc(Cl)c2)sc2c1CCC2. The van der Waals surface area contributed by atoms with E-state index in [9.17, 15) is 14.4 Å². The molecule has 0 aliphatic heterocycles. The normalized spacial score (nSPS) is 12.4. The van der Waals surface area contributed by atoms with Crippen LogP contribution in [0.5, 0.6) is 0 Å². The van der Waals surface area contributed by atoms with Crippen molar-refractivity contribution in [3.05, 3.63) is 49.8 Å². The number of thiophene rings is 1. The van der Waals surface area contributed by atoms with Crippen molar-refractivity contribution in [2.75, 3.05) is 18.5 Å². The number of benzene rings is 1. The number of carbonyl (C=O) groups is 3. The number of anilines is 1. The van der Waals surface area contributed by atoms with Crippen LogP contribution in [0.1, 0.15) is 44.5 Å². The van der Waals surface area contributed by atoms with Crippen LogP contribution in [0, 0.1) is 0 Å². The number of hydrogen-bond acceptors (Lipinski definition) is 6. The Hall–Kier alpha value is -2.09. The molecular formula is C19H17Cl2NO5S. The summed E-state index contributed by atoms with van der Waals surface area (Å²) in [6.45, 7) is 1.47. The highest BCUT2D eigenvalue weighted by Crippen LogP contribution is 2.39. The van der Waals surface area contributed by atoms with Crippen LogP contribution in [0.3, 0.4) is 0 Å². The number of halogens is 2. The van der Waals surface area contributed by atoms with Gasteiger partial charge in [-0.05, 0) is 49.9 Å². The first kappa shape index (κ1) is 20.6. The van der Waals surface area contributed by atoms with Gasteiger partial charge >= 0.3 is 11.9 Å². The van der Waals surface area contributed by atoms with Crippen molar-refractivity contribution in [1.29, 1.82) is 0 Å². The maximum absolute atomic E-state index is 12.3. The molecule has 148 valence electrons. The van der Waals surface area contributed by atoms with Crippen LogP contribution in [-0.2, 0) is 27.1 Å². The van der Waals surface area contributed by atoms with E-state index in [1.807, 2.05) is 0 Å². The number of nitrogens with one attached hydrogen (secondary N) is 1. The lowest BCUT2D eigenvalue weighted by Gasteiger charge is -2.09. The highest BCUT2D eigenvalue weighted by molar-refractivity contribution is 7.17. The van der Waals surface area contributed by atoms with Crippen LogP contribution in [0.25, 0.3) is 0 Å². The lowest BCUT2D eigenvalue weighted by molar-refractivity contribution is -0.119. The van der Waals surface area contributed by atoms with Crippen LogP contribution in [0.2, 0.25) is 10.0 Å². The Balaban J connectivity index is 1.67. The predicted octanol–water partition coefficient (Wildman–Crippen LogP) is 4.52. The second-order valence-corrected chi connectivity index (χ2v) is 8.04. The smallest absolute Gasteiger partial charge is 0.341 e. The second kappa shape index (κ2) is 8.94. The lowest BCUT2D eigenvalue weighted by atomic mass is 10.1. The summed E-state index contributed by atoms with van der Waals surface area (Å²) in [6, 6.07) is 4.28. The summed E-state index contributed by atoms with van der Waals surface area (Å²) in [7, 11) is 0. The van der Waals surface area contributed by atoms with Gasteiger partial charge in [0, 0.05) is 14.9 Å². The third kappa shape index (κ3) is 4.66. The van der Waals surface area contributed by atoms with E-state index in [1.54, 1.807) is 6.92 Å². The molecule has 0 radical (unpaired) electrons. The van der Waals surface area contributed by atoms with Crippen LogP contribution in [0.15, 0.2) is 18.2 Å². The molecule has 0 unspecified atom stereocenters. The van der Waals surface area contributed by atoms with E-state index in [1.165, 1.54) is 29.5 Å². The summed E-state index contributed by atoms with van der Waals surface area (Å²) in [4.78, 5) is 37.7. The van der Waals surface area contributed by atoms with Crippen LogP contribution >= 0.6 is 34.5 Å². The number of carbonyl (C=O) groups excluding carboxylic acids is 3. The van der Waals surface area contributed by atoms with Crippen molar-refractivity contribution in [2.24, 2.45) is 0 Å². The molecule has 1 aliphatic rings. The van der Waals surface area contributed by atoms with E-state index >= 15 is 0 Å². The first-order valence-electron chi connectivity index (χ1n) is 8.63. The minimum Gasteiger partial charge on any atom is -0.462 e. The van der Waals surface area contributed by atoms with E-state index in [0.717, 1.165) is 29.7 Å². The number of fused-ring (bicyclic) bond motifs is 1. The van der Waals surface area contributed by atoms with Gasteiger partial charge in [-0.3, -0.25) is 4.79 Å². The summed E-state index contributed by atoms with van der Waals surface area (Å²) in [6.07, 6.45) is 2.62. The van der Waals surface area contributed by atoms with Crippen molar-refractivity contribution in [3.63, 3.8) is 0 Å². The average Bonchev–Trinajstić information content (AvgIpc) is 3.19. The molecule has 1 aromatic heterocycles. The Kier molecular flexibility index (Phi) is 6.59. The molecule has 1 amide bonds. The molecule has 6 nitrogen and oxygen atoms in total. The molecule has 1 aromatic carbocycles. The first-order chi connectivity index (χ1) is 13.4. The largest absolute Gasteiger partial charge is 0.462 e. The van der Waals surface area contributed by atoms with Gasteiger partial charge in [-0.25, -0.2) is 9.59 Å². The fourth-order valence-corrected chi connectivity index (χ4v) is 4.78. The van der Waals surface area contributed by atoms with Crippen molar-refractivity contribution in [2.45, 2.75) is 26.2 Å². The van der Waals surface area contributed by atoms with E-state index in [0.29, 0.717) is 10.6 Å². The van der Waals surface area contributed by atoms with Gasteiger partial charge in [0.15, 0.2) is 6.61 Å². The Morgan fingerprint density at radius 2 is 1.79 bits per heavy atom. The summed E-state index contributed by atoms with van der Waals surface area (Å²) in [5.74, 6) is -1.73. The third-order valence-electron chi connectivity index (χ3n) is 4.09. The number of aryl methyl sites for hydroxylation is 1. The van der Waals surface area contributed by atoms with Gasteiger partial charge < -0.3 is 14.8 Å². The monoisotopic (exact) mass is 441 g/mol. The quantitative estimate of drug-likeness (QED) is 0.666. The number of ether oxygens (including phenoxy) is 2. The molecule has 2 aromatic rings. The van der Waals surface area contributed by atoms with E-state index in [-0.39, 0.29) is 22.2 Å². The Morgan fingerprint density at radius 1 is 1.07 bits per heavy atom. The Labute approximate surface area is 175 Å². The molecule has 0 fully saturated rings. The molecule has 28 heavy (non-hydrogen) atoms. The van der Waals surface area contributed by atoms with Crippen molar-refractivity contribution in [1.82, 2.24) is 0 Å². The standard InChI is InChI=1S/C19H17Cl2NO5S/c1-2-26-19(25)16-13-4-3-5-14(13)28-17(16)22-15(23)9-27-18(24)10-6-11(20)8-12(21)7-10/h6-8H,2-5,9H2,1H3,(H,22,23). The summed E-state index contributed by atoms with van der Waals surface area (Å²) < 4.78 is 10.1. The molecule has 1 heterocycles. The molecule has 0 bridgehead atoms. The minimum atomic E-state index is -0.723.